The first-order valence-corrected chi connectivity index (χ1v) is 7.82. The van der Waals surface area contributed by atoms with Gasteiger partial charge in [0, 0.05) is 12.8 Å². The van der Waals surface area contributed by atoms with Gasteiger partial charge in [-0.25, -0.2) is 4.79 Å². The second-order valence-electron chi connectivity index (χ2n) is 5.62. The van der Waals surface area contributed by atoms with E-state index in [0.717, 1.165) is 0 Å². The number of amides is 1. The summed E-state index contributed by atoms with van der Waals surface area (Å²) in [5.74, 6) is -2.29. The van der Waals surface area contributed by atoms with Crippen LogP contribution in [0.3, 0.4) is 0 Å². The van der Waals surface area contributed by atoms with Gasteiger partial charge in [0.1, 0.15) is 11.8 Å². The van der Waals surface area contributed by atoms with Crippen molar-refractivity contribution in [3.05, 3.63) is 27.7 Å². The average Bonchev–Trinajstić information content (AvgIpc) is 2.48. The molecule has 0 radical (unpaired) electrons. The number of nitrogens with zero attached hydrogens (tertiary/aromatic N) is 1. The minimum Gasteiger partial charge on any atom is -0.505 e. The number of aromatic hydroxyl groups is 1. The highest BCUT2D eigenvalue weighted by Gasteiger charge is 2.24. The summed E-state index contributed by atoms with van der Waals surface area (Å²) in [7, 11) is 0. The Morgan fingerprint density at radius 3 is 2.21 bits per heavy atom. The molecule has 1 aromatic carbocycles. The summed E-state index contributed by atoms with van der Waals surface area (Å²) in [6, 6.07) is 1.44. The number of carboxylic acids is 1. The van der Waals surface area contributed by atoms with E-state index in [0.29, 0.717) is 5.56 Å². The monoisotopic (exact) mass is 376 g/mol. The highest BCUT2D eigenvalue weighted by Crippen LogP contribution is 2.33. The lowest BCUT2D eigenvalue weighted by molar-refractivity contribution is -0.141. The highest BCUT2D eigenvalue weighted by atomic mass is 35.5. The molecule has 1 rings (SSSR count). The van der Waals surface area contributed by atoms with Gasteiger partial charge in [0.2, 0.25) is 0 Å². The summed E-state index contributed by atoms with van der Waals surface area (Å²) in [5.41, 5.74) is 0.264. The SMILES string of the molecule is CC(C)CC(=NO)C(=O)N[C@@H](Cc1cc(Cl)c(O)c(Cl)c1)C(=O)O. The van der Waals surface area contributed by atoms with Crippen LogP contribution >= 0.6 is 23.2 Å². The Hall–Kier alpha value is -1.99. The Morgan fingerprint density at radius 2 is 1.79 bits per heavy atom. The quantitative estimate of drug-likeness (QED) is 0.331. The minimum atomic E-state index is -1.28. The van der Waals surface area contributed by atoms with Gasteiger partial charge >= 0.3 is 5.97 Å². The van der Waals surface area contributed by atoms with E-state index in [-0.39, 0.29) is 40.3 Å². The van der Waals surface area contributed by atoms with Crippen LogP contribution in [0.4, 0.5) is 0 Å². The molecule has 0 aliphatic rings. The number of phenolic OH excluding ortho intramolecular Hbond substituents is 1. The van der Waals surface area contributed by atoms with Gasteiger partial charge in [0.15, 0.2) is 5.75 Å². The lowest BCUT2D eigenvalue weighted by Gasteiger charge is -2.16. The zero-order valence-electron chi connectivity index (χ0n) is 13.1. The molecule has 0 aliphatic carbocycles. The molecule has 9 heteroatoms. The highest BCUT2D eigenvalue weighted by molar-refractivity contribution is 6.39. The van der Waals surface area contributed by atoms with E-state index in [9.17, 15) is 19.8 Å². The van der Waals surface area contributed by atoms with Crippen molar-refractivity contribution in [3.8, 4) is 5.75 Å². The van der Waals surface area contributed by atoms with Crippen molar-refractivity contribution in [2.45, 2.75) is 32.7 Å². The van der Waals surface area contributed by atoms with Crippen LogP contribution in [0.2, 0.25) is 10.0 Å². The van der Waals surface area contributed by atoms with E-state index < -0.39 is 17.9 Å². The average molecular weight is 377 g/mol. The first kappa shape index (κ1) is 20.1. The second kappa shape index (κ2) is 8.75. The van der Waals surface area contributed by atoms with E-state index in [4.69, 9.17) is 28.4 Å². The number of nitrogens with one attached hydrogen (secondary N) is 1. The Labute approximate surface area is 148 Å². The number of aliphatic carboxylic acids is 1. The number of phenols is 1. The molecular weight excluding hydrogens is 359 g/mol. The van der Waals surface area contributed by atoms with Crippen LogP contribution in [-0.2, 0) is 16.0 Å². The number of hydrogen-bond donors (Lipinski definition) is 4. The summed E-state index contributed by atoms with van der Waals surface area (Å²) in [5, 5.41) is 32.9. The smallest absolute Gasteiger partial charge is 0.326 e. The molecule has 0 aromatic heterocycles. The fourth-order valence-electron chi connectivity index (χ4n) is 1.98. The van der Waals surface area contributed by atoms with Crippen LogP contribution < -0.4 is 5.32 Å². The van der Waals surface area contributed by atoms with E-state index >= 15 is 0 Å². The third-order valence-corrected chi connectivity index (χ3v) is 3.68. The zero-order chi connectivity index (χ0) is 18.4. The van der Waals surface area contributed by atoms with Gasteiger partial charge in [0.05, 0.1) is 10.0 Å². The van der Waals surface area contributed by atoms with Gasteiger partial charge in [-0.2, -0.15) is 0 Å². The number of carbonyl (C=O) groups excluding carboxylic acids is 1. The molecule has 4 N–H and O–H groups in total. The van der Waals surface area contributed by atoms with Gasteiger partial charge < -0.3 is 20.7 Å². The number of carbonyl (C=O) groups is 2. The predicted molar refractivity (Wildman–Crippen MR) is 90.1 cm³/mol. The van der Waals surface area contributed by atoms with Gasteiger partial charge in [-0.05, 0) is 23.6 Å². The number of halogens is 2. The van der Waals surface area contributed by atoms with Crippen LogP contribution in [0.1, 0.15) is 25.8 Å². The molecular formula is C15H18Cl2N2O5. The molecule has 1 aromatic rings. The second-order valence-corrected chi connectivity index (χ2v) is 6.44. The van der Waals surface area contributed by atoms with Crippen molar-refractivity contribution >= 4 is 40.8 Å². The number of oxime groups is 1. The Balaban J connectivity index is 2.92. The van der Waals surface area contributed by atoms with Gasteiger partial charge in [-0.15, -0.1) is 0 Å². The van der Waals surface area contributed by atoms with E-state index in [1.54, 1.807) is 0 Å². The van der Waals surface area contributed by atoms with Crippen molar-refractivity contribution in [3.63, 3.8) is 0 Å². The van der Waals surface area contributed by atoms with Crippen molar-refractivity contribution in [2.75, 3.05) is 0 Å². The molecule has 0 saturated heterocycles. The van der Waals surface area contributed by atoms with Crippen LogP contribution in [0, 0.1) is 5.92 Å². The molecule has 0 saturated carbocycles. The van der Waals surface area contributed by atoms with E-state index in [1.807, 2.05) is 13.8 Å². The largest absolute Gasteiger partial charge is 0.505 e. The van der Waals surface area contributed by atoms with Crippen LogP contribution in [0.5, 0.6) is 5.75 Å². The molecule has 7 nitrogen and oxygen atoms in total. The number of rotatable bonds is 7. The van der Waals surface area contributed by atoms with Crippen LogP contribution in [-0.4, -0.2) is 39.1 Å². The van der Waals surface area contributed by atoms with Crippen LogP contribution in [0.15, 0.2) is 17.3 Å². The maximum Gasteiger partial charge on any atom is 0.326 e. The maximum absolute atomic E-state index is 12.0. The summed E-state index contributed by atoms with van der Waals surface area (Å²) in [6.07, 6.45) is 0.0900. The summed E-state index contributed by atoms with van der Waals surface area (Å²) < 4.78 is 0. The minimum absolute atomic E-state index is 0.0228. The molecule has 0 heterocycles. The molecule has 0 fully saturated rings. The first-order valence-electron chi connectivity index (χ1n) is 7.07. The molecule has 24 heavy (non-hydrogen) atoms. The number of hydrogen-bond acceptors (Lipinski definition) is 5. The van der Waals surface area contributed by atoms with Gasteiger partial charge in [0.25, 0.3) is 5.91 Å². The topological polar surface area (TPSA) is 119 Å². The number of carboxylic acid groups (broad SMARTS) is 1. The van der Waals surface area contributed by atoms with Crippen molar-refractivity contribution in [1.29, 1.82) is 0 Å². The molecule has 0 spiro atoms. The molecule has 1 atom stereocenters. The Morgan fingerprint density at radius 1 is 1.25 bits per heavy atom. The van der Waals surface area contributed by atoms with Crippen LogP contribution in [0.25, 0.3) is 0 Å². The molecule has 132 valence electrons. The van der Waals surface area contributed by atoms with Crippen molar-refractivity contribution in [2.24, 2.45) is 11.1 Å². The van der Waals surface area contributed by atoms with Gasteiger partial charge in [-0.1, -0.05) is 42.2 Å². The fraction of sp³-hybridized carbons (Fsp3) is 0.400. The first-order chi connectivity index (χ1) is 11.1. The fourth-order valence-corrected chi connectivity index (χ4v) is 2.51. The third-order valence-electron chi connectivity index (χ3n) is 3.10. The maximum atomic E-state index is 12.0. The Kier molecular flexibility index (Phi) is 7.31. The van der Waals surface area contributed by atoms with Crippen molar-refractivity contribution < 1.29 is 25.0 Å². The molecule has 0 bridgehead atoms. The normalized spacial score (nSPS) is 13.0. The third kappa shape index (κ3) is 5.58. The molecule has 0 aliphatic heterocycles. The number of benzene rings is 1. The standard InChI is InChI=1S/C15H18Cl2N2O5/c1-7(2)3-11(19-24)14(21)18-12(15(22)23)6-8-4-9(16)13(20)10(17)5-8/h4-5,7,12,20,24H,3,6H2,1-2H3,(H,18,21)(H,22,23)/t12-/m0/s1. The summed E-state index contributed by atoms with van der Waals surface area (Å²) in [6.45, 7) is 3.65. The Bertz CT molecular complexity index is 638. The van der Waals surface area contributed by atoms with E-state index in [2.05, 4.69) is 10.5 Å². The zero-order valence-corrected chi connectivity index (χ0v) is 14.6. The predicted octanol–water partition coefficient (Wildman–Crippen LogP) is 2.69. The molecule has 0 unspecified atom stereocenters. The summed E-state index contributed by atoms with van der Waals surface area (Å²) >= 11 is 11.6. The van der Waals surface area contributed by atoms with Gasteiger partial charge in [-0.3, -0.25) is 4.79 Å². The lowest BCUT2D eigenvalue weighted by atomic mass is 10.0. The van der Waals surface area contributed by atoms with E-state index in [1.165, 1.54) is 12.1 Å². The summed E-state index contributed by atoms with van der Waals surface area (Å²) in [4.78, 5) is 23.4. The van der Waals surface area contributed by atoms with Crippen molar-refractivity contribution in [1.82, 2.24) is 5.32 Å². The lowest BCUT2D eigenvalue weighted by Crippen LogP contribution is -2.45. The molecule has 1 amide bonds.